The highest BCUT2D eigenvalue weighted by Gasteiger charge is 2.21. The van der Waals surface area contributed by atoms with Crippen LogP contribution in [-0.2, 0) is 11.2 Å². The first-order valence-electron chi connectivity index (χ1n) is 9.38. The molecule has 4 rings (SSSR count). The molecular formula is C21H21ClN2O4. The van der Waals surface area contributed by atoms with Gasteiger partial charge in [-0.3, -0.25) is 9.59 Å². The van der Waals surface area contributed by atoms with Crippen LogP contribution in [0.5, 0.6) is 11.5 Å². The highest BCUT2D eigenvalue weighted by Crippen LogP contribution is 2.38. The topological polar surface area (TPSA) is 67.9 Å². The Hall–Kier alpha value is -2.73. The molecule has 2 heterocycles. The number of carbonyl (C=O) groups is 2. The second kappa shape index (κ2) is 8.10. The summed E-state index contributed by atoms with van der Waals surface area (Å²) in [7, 11) is 0. The van der Waals surface area contributed by atoms with Gasteiger partial charge in [0.25, 0.3) is 5.91 Å². The van der Waals surface area contributed by atoms with Crippen LogP contribution in [0.15, 0.2) is 36.4 Å². The molecule has 1 fully saturated rings. The van der Waals surface area contributed by atoms with E-state index < -0.39 is 0 Å². The lowest BCUT2D eigenvalue weighted by Gasteiger charge is -2.20. The largest absolute Gasteiger partial charge is 0.486 e. The van der Waals surface area contributed by atoms with Crippen molar-refractivity contribution in [3.63, 3.8) is 0 Å². The highest BCUT2D eigenvalue weighted by molar-refractivity contribution is 6.32. The Kier molecular flexibility index (Phi) is 5.39. The van der Waals surface area contributed by atoms with E-state index in [-0.39, 0.29) is 11.8 Å². The van der Waals surface area contributed by atoms with Crippen LogP contribution in [0.1, 0.15) is 28.8 Å². The molecule has 146 valence electrons. The number of amides is 2. The molecule has 1 saturated heterocycles. The number of hydrogen-bond acceptors (Lipinski definition) is 4. The summed E-state index contributed by atoms with van der Waals surface area (Å²) in [6.07, 6.45) is 2.10. The monoisotopic (exact) mass is 400 g/mol. The minimum absolute atomic E-state index is 0.135. The summed E-state index contributed by atoms with van der Waals surface area (Å²) in [5, 5.41) is 3.43. The maximum absolute atomic E-state index is 12.4. The Bertz CT molecular complexity index is 898. The Morgan fingerprint density at radius 2 is 1.93 bits per heavy atom. The lowest BCUT2D eigenvalue weighted by Crippen LogP contribution is -2.26. The first kappa shape index (κ1) is 18.6. The predicted octanol–water partition coefficient (Wildman–Crippen LogP) is 3.21. The van der Waals surface area contributed by atoms with Gasteiger partial charge in [0.15, 0.2) is 11.5 Å². The van der Waals surface area contributed by atoms with Crippen molar-refractivity contribution in [2.24, 2.45) is 0 Å². The number of ether oxygens (including phenoxy) is 2. The van der Waals surface area contributed by atoms with E-state index in [9.17, 15) is 9.59 Å². The predicted molar refractivity (Wildman–Crippen MR) is 107 cm³/mol. The van der Waals surface area contributed by atoms with Gasteiger partial charge in [0.2, 0.25) is 5.91 Å². The van der Waals surface area contributed by atoms with Gasteiger partial charge in [-0.2, -0.15) is 0 Å². The first-order chi connectivity index (χ1) is 13.6. The van der Waals surface area contributed by atoms with E-state index in [1.54, 1.807) is 17.0 Å². The van der Waals surface area contributed by atoms with Crippen LogP contribution in [0.4, 0.5) is 5.69 Å². The van der Waals surface area contributed by atoms with Gasteiger partial charge in [-0.15, -0.1) is 0 Å². The Morgan fingerprint density at radius 3 is 2.68 bits per heavy atom. The molecule has 0 spiro atoms. The fraction of sp³-hybridized carbons (Fsp3) is 0.333. The van der Waals surface area contributed by atoms with Crippen LogP contribution in [-0.4, -0.2) is 38.1 Å². The lowest BCUT2D eigenvalue weighted by atomic mass is 10.1. The van der Waals surface area contributed by atoms with E-state index in [0.29, 0.717) is 54.7 Å². The molecule has 2 aromatic carbocycles. The Labute approximate surface area is 168 Å². The normalized spacial score (nSPS) is 15.6. The van der Waals surface area contributed by atoms with Crippen molar-refractivity contribution in [2.45, 2.75) is 19.3 Å². The minimum atomic E-state index is -0.150. The molecule has 28 heavy (non-hydrogen) atoms. The van der Waals surface area contributed by atoms with Crippen LogP contribution in [0.3, 0.4) is 0 Å². The van der Waals surface area contributed by atoms with Crippen molar-refractivity contribution >= 4 is 29.1 Å². The van der Waals surface area contributed by atoms with Gasteiger partial charge in [0.1, 0.15) is 13.2 Å². The number of benzene rings is 2. The summed E-state index contributed by atoms with van der Waals surface area (Å²) < 4.78 is 11.1. The van der Waals surface area contributed by atoms with Crippen LogP contribution < -0.4 is 19.7 Å². The van der Waals surface area contributed by atoms with Crippen LogP contribution in [0.2, 0.25) is 5.02 Å². The lowest BCUT2D eigenvalue weighted by molar-refractivity contribution is -0.117. The van der Waals surface area contributed by atoms with E-state index in [0.717, 1.165) is 24.2 Å². The third kappa shape index (κ3) is 3.92. The van der Waals surface area contributed by atoms with Gasteiger partial charge in [0, 0.05) is 30.8 Å². The zero-order valence-electron chi connectivity index (χ0n) is 15.4. The smallest absolute Gasteiger partial charge is 0.251 e. The zero-order chi connectivity index (χ0) is 19.5. The molecule has 0 aromatic heterocycles. The van der Waals surface area contributed by atoms with Crippen LogP contribution in [0.25, 0.3) is 0 Å². The second-order valence-electron chi connectivity index (χ2n) is 6.80. The van der Waals surface area contributed by atoms with Gasteiger partial charge in [-0.05, 0) is 54.8 Å². The summed E-state index contributed by atoms with van der Waals surface area (Å²) in [5.74, 6) is 1.21. The fourth-order valence-electron chi connectivity index (χ4n) is 3.44. The van der Waals surface area contributed by atoms with Gasteiger partial charge >= 0.3 is 0 Å². The quantitative estimate of drug-likeness (QED) is 0.836. The number of carbonyl (C=O) groups excluding carboxylic acids is 2. The van der Waals surface area contributed by atoms with Gasteiger partial charge in [-0.1, -0.05) is 11.6 Å². The van der Waals surface area contributed by atoms with E-state index in [4.69, 9.17) is 21.1 Å². The third-order valence-electron chi connectivity index (χ3n) is 4.87. The van der Waals surface area contributed by atoms with Gasteiger partial charge in [0.05, 0.1) is 5.02 Å². The molecule has 7 heteroatoms. The van der Waals surface area contributed by atoms with E-state index in [1.807, 2.05) is 24.3 Å². The van der Waals surface area contributed by atoms with E-state index in [1.165, 1.54) is 0 Å². The standard InChI is InChI=1S/C21H21ClN2O4/c22-17-12-14(13-18-20(17)28-11-10-27-18)7-8-23-21(26)15-3-5-16(6-4-15)24-9-1-2-19(24)25/h3-6,12-13H,1-2,7-11H2,(H,23,26). The molecule has 0 radical (unpaired) electrons. The van der Waals surface area contributed by atoms with Crippen molar-refractivity contribution in [1.82, 2.24) is 5.32 Å². The average Bonchev–Trinajstić information content (AvgIpc) is 3.14. The van der Waals surface area contributed by atoms with Crippen molar-refractivity contribution < 1.29 is 19.1 Å². The number of rotatable bonds is 5. The number of nitrogens with one attached hydrogen (secondary N) is 1. The average molecular weight is 401 g/mol. The molecule has 2 amide bonds. The van der Waals surface area contributed by atoms with Crippen LogP contribution >= 0.6 is 11.6 Å². The summed E-state index contributed by atoms with van der Waals surface area (Å²) in [5.41, 5.74) is 2.37. The molecule has 1 N–H and O–H groups in total. The molecule has 0 bridgehead atoms. The summed E-state index contributed by atoms with van der Waals surface area (Å²) in [4.78, 5) is 25.9. The molecule has 0 unspecified atom stereocenters. The fourth-order valence-corrected chi connectivity index (χ4v) is 3.73. The molecule has 2 aromatic rings. The number of anilines is 1. The Balaban J connectivity index is 1.33. The van der Waals surface area contributed by atoms with Crippen molar-refractivity contribution in [3.8, 4) is 11.5 Å². The summed E-state index contributed by atoms with van der Waals surface area (Å²) in [6.45, 7) is 2.21. The number of fused-ring (bicyclic) bond motifs is 1. The number of hydrogen-bond donors (Lipinski definition) is 1. The first-order valence-corrected chi connectivity index (χ1v) is 9.76. The SMILES string of the molecule is O=C(NCCc1cc(Cl)c2c(c1)OCCO2)c1ccc(N2CCCC2=O)cc1. The number of nitrogens with zero attached hydrogens (tertiary/aromatic N) is 1. The van der Waals surface area contributed by atoms with Gasteiger partial charge < -0.3 is 19.7 Å². The summed E-state index contributed by atoms with van der Waals surface area (Å²) in [6, 6.07) is 10.9. The van der Waals surface area contributed by atoms with E-state index in [2.05, 4.69) is 5.32 Å². The maximum atomic E-state index is 12.4. The van der Waals surface area contributed by atoms with Gasteiger partial charge in [-0.25, -0.2) is 0 Å². The third-order valence-corrected chi connectivity index (χ3v) is 5.15. The van der Waals surface area contributed by atoms with Crippen LogP contribution in [0, 0.1) is 0 Å². The molecule has 6 nitrogen and oxygen atoms in total. The maximum Gasteiger partial charge on any atom is 0.251 e. The number of halogens is 1. The van der Waals surface area contributed by atoms with Crippen molar-refractivity contribution in [3.05, 3.63) is 52.5 Å². The molecule has 2 aliphatic heterocycles. The highest BCUT2D eigenvalue weighted by atomic mass is 35.5. The zero-order valence-corrected chi connectivity index (χ0v) is 16.1. The second-order valence-corrected chi connectivity index (χ2v) is 7.21. The van der Waals surface area contributed by atoms with Crippen molar-refractivity contribution in [2.75, 3.05) is 31.2 Å². The minimum Gasteiger partial charge on any atom is -0.486 e. The molecule has 0 saturated carbocycles. The molecule has 0 atom stereocenters. The Morgan fingerprint density at radius 1 is 1.14 bits per heavy atom. The molecule has 0 aliphatic carbocycles. The van der Waals surface area contributed by atoms with Crippen molar-refractivity contribution in [1.29, 1.82) is 0 Å². The van der Waals surface area contributed by atoms with E-state index >= 15 is 0 Å². The summed E-state index contributed by atoms with van der Waals surface area (Å²) >= 11 is 6.24. The molecule has 2 aliphatic rings. The molecular weight excluding hydrogens is 380 g/mol.